The van der Waals surface area contributed by atoms with E-state index in [9.17, 15) is 4.79 Å². The van der Waals surface area contributed by atoms with Crippen LogP contribution in [0.15, 0.2) is 42.6 Å². The summed E-state index contributed by atoms with van der Waals surface area (Å²) in [6.45, 7) is 0.410. The lowest BCUT2D eigenvalue weighted by Crippen LogP contribution is -2.23. The molecule has 0 aliphatic carbocycles. The van der Waals surface area contributed by atoms with Crippen molar-refractivity contribution in [1.82, 2.24) is 20.5 Å². The summed E-state index contributed by atoms with van der Waals surface area (Å²) in [7, 11) is 1.64. The van der Waals surface area contributed by atoms with Crippen molar-refractivity contribution in [3.8, 4) is 5.75 Å². The summed E-state index contributed by atoms with van der Waals surface area (Å²) in [5.41, 5.74) is 2.55. The van der Waals surface area contributed by atoms with E-state index in [-0.39, 0.29) is 5.91 Å². The van der Waals surface area contributed by atoms with E-state index in [2.05, 4.69) is 20.5 Å². The Hall–Kier alpha value is -2.89. The highest BCUT2D eigenvalue weighted by molar-refractivity contribution is 5.79. The van der Waals surface area contributed by atoms with Crippen LogP contribution in [0.2, 0.25) is 0 Å². The first kappa shape index (κ1) is 15.0. The molecule has 2 heterocycles. The Labute approximate surface area is 133 Å². The molecule has 0 unspecified atom stereocenters. The van der Waals surface area contributed by atoms with Crippen molar-refractivity contribution in [2.45, 2.75) is 19.4 Å². The smallest absolute Gasteiger partial charge is 0.220 e. The number of nitrogens with zero attached hydrogens (tertiary/aromatic N) is 2. The molecule has 0 spiro atoms. The molecule has 3 rings (SSSR count). The van der Waals surface area contributed by atoms with E-state index < -0.39 is 0 Å². The molecule has 6 nitrogen and oxygen atoms in total. The number of pyridine rings is 1. The quantitative estimate of drug-likeness (QED) is 0.731. The second-order valence-corrected chi connectivity index (χ2v) is 5.17. The van der Waals surface area contributed by atoms with Gasteiger partial charge in [-0.25, -0.2) is 4.98 Å². The van der Waals surface area contributed by atoms with Crippen molar-refractivity contribution < 1.29 is 9.53 Å². The van der Waals surface area contributed by atoms with Crippen LogP contribution in [0.5, 0.6) is 5.75 Å². The van der Waals surface area contributed by atoms with Gasteiger partial charge in [0, 0.05) is 18.0 Å². The van der Waals surface area contributed by atoms with Crippen molar-refractivity contribution in [3.63, 3.8) is 0 Å². The standard InChI is InChI=1S/C17H18N4O2/c1-23-15-7-3-2-5-12(15)8-9-16(22)19-11-14-13-6-4-10-18-17(13)21-20-14/h2-7,10H,8-9,11H2,1H3,(H,19,22)(H,18,20,21). The summed E-state index contributed by atoms with van der Waals surface area (Å²) in [5.74, 6) is 0.800. The molecule has 23 heavy (non-hydrogen) atoms. The normalized spacial score (nSPS) is 10.7. The van der Waals surface area contributed by atoms with E-state index in [1.807, 2.05) is 36.4 Å². The molecule has 0 bridgehead atoms. The number of methoxy groups -OCH3 is 1. The van der Waals surface area contributed by atoms with Crippen LogP contribution in [0.3, 0.4) is 0 Å². The number of aryl methyl sites for hydroxylation is 1. The number of amides is 1. The number of ether oxygens (including phenoxy) is 1. The molecule has 3 aromatic rings. The first-order valence-corrected chi connectivity index (χ1v) is 7.44. The Balaban J connectivity index is 1.56. The lowest BCUT2D eigenvalue weighted by atomic mass is 10.1. The number of carbonyl (C=O) groups is 1. The summed E-state index contributed by atoms with van der Waals surface area (Å²) in [4.78, 5) is 16.2. The summed E-state index contributed by atoms with van der Waals surface area (Å²) in [6.07, 6.45) is 2.74. The molecule has 2 aromatic heterocycles. The lowest BCUT2D eigenvalue weighted by Gasteiger charge is -2.08. The molecule has 0 saturated heterocycles. The fourth-order valence-electron chi connectivity index (χ4n) is 2.47. The van der Waals surface area contributed by atoms with Gasteiger partial charge in [0.05, 0.1) is 19.3 Å². The van der Waals surface area contributed by atoms with Gasteiger partial charge >= 0.3 is 0 Å². The number of carbonyl (C=O) groups excluding carboxylic acids is 1. The van der Waals surface area contributed by atoms with Crippen LogP contribution < -0.4 is 10.1 Å². The summed E-state index contributed by atoms with van der Waals surface area (Å²) in [6, 6.07) is 11.5. The molecule has 118 valence electrons. The van der Waals surface area contributed by atoms with Crippen LogP contribution >= 0.6 is 0 Å². The van der Waals surface area contributed by atoms with E-state index >= 15 is 0 Å². The maximum absolute atomic E-state index is 12.0. The average molecular weight is 310 g/mol. The van der Waals surface area contributed by atoms with Crippen LogP contribution in [0.4, 0.5) is 0 Å². The molecule has 0 radical (unpaired) electrons. The maximum atomic E-state index is 12.0. The third-order valence-electron chi connectivity index (χ3n) is 3.68. The number of benzene rings is 1. The minimum absolute atomic E-state index is 0.0115. The number of aromatic amines is 1. The third-order valence-corrected chi connectivity index (χ3v) is 3.68. The van der Waals surface area contributed by atoms with Gasteiger partial charge < -0.3 is 10.1 Å². The number of H-pyrrole nitrogens is 1. The first-order valence-electron chi connectivity index (χ1n) is 7.44. The largest absolute Gasteiger partial charge is 0.496 e. The van der Waals surface area contributed by atoms with E-state index in [4.69, 9.17) is 4.74 Å². The van der Waals surface area contributed by atoms with Crippen LogP contribution in [-0.4, -0.2) is 28.2 Å². The molecule has 1 aromatic carbocycles. The Bertz CT molecular complexity index is 813. The van der Waals surface area contributed by atoms with Gasteiger partial charge in [0.2, 0.25) is 5.91 Å². The number of hydrogen-bond donors (Lipinski definition) is 2. The highest BCUT2D eigenvalue weighted by Crippen LogP contribution is 2.18. The van der Waals surface area contributed by atoms with Gasteiger partial charge in [0.15, 0.2) is 5.65 Å². The van der Waals surface area contributed by atoms with Crippen molar-refractivity contribution in [1.29, 1.82) is 0 Å². The lowest BCUT2D eigenvalue weighted by molar-refractivity contribution is -0.121. The van der Waals surface area contributed by atoms with Gasteiger partial charge in [0.1, 0.15) is 5.75 Å². The molecule has 0 aliphatic rings. The Morgan fingerprint density at radius 3 is 3.00 bits per heavy atom. The Morgan fingerprint density at radius 2 is 2.13 bits per heavy atom. The van der Waals surface area contributed by atoms with Gasteiger partial charge in [-0.15, -0.1) is 0 Å². The maximum Gasteiger partial charge on any atom is 0.220 e. The molecule has 6 heteroatoms. The summed E-state index contributed by atoms with van der Waals surface area (Å²) < 4.78 is 5.29. The Morgan fingerprint density at radius 1 is 1.26 bits per heavy atom. The van der Waals surface area contributed by atoms with Crippen LogP contribution in [0.1, 0.15) is 17.7 Å². The predicted molar refractivity (Wildman–Crippen MR) is 87.1 cm³/mol. The van der Waals surface area contributed by atoms with Gasteiger partial charge in [-0.05, 0) is 30.2 Å². The van der Waals surface area contributed by atoms with Gasteiger partial charge in [-0.1, -0.05) is 18.2 Å². The number of para-hydroxylation sites is 1. The molecule has 1 amide bonds. The topological polar surface area (TPSA) is 79.9 Å². The van der Waals surface area contributed by atoms with Crippen molar-refractivity contribution in [3.05, 3.63) is 53.9 Å². The monoisotopic (exact) mass is 310 g/mol. The molecule has 0 fully saturated rings. The first-order chi connectivity index (χ1) is 11.3. The molecular formula is C17H18N4O2. The number of nitrogens with one attached hydrogen (secondary N) is 2. The Kier molecular flexibility index (Phi) is 4.52. The van der Waals surface area contributed by atoms with Crippen molar-refractivity contribution in [2.24, 2.45) is 0 Å². The zero-order valence-electron chi connectivity index (χ0n) is 12.9. The fraction of sp³-hybridized carbons (Fsp3) is 0.235. The van der Waals surface area contributed by atoms with E-state index in [0.29, 0.717) is 25.0 Å². The molecule has 0 saturated carbocycles. The van der Waals surface area contributed by atoms with E-state index in [0.717, 1.165) is 22.4 Å². The van der Waals surface area contributed by atoms with E-state index in [1.54, 1.807) is 13.3 Å². The zero-order chi connectivity index (χ0) is 16.1. The van der Waals surface area contributed by atoms with Crippen LogP contribution in [-0.2, 0) is 17.8 Å². The SMILES string of the molecule is COc1ccccc1CCC(=O)NCc1[nH]nc2ncccc12. The molecule has 0 aliphatic heterocycles. The van der Waals surface area contributed by atoms with Crippen molar-refractivity contribution in [2.75, 3.05) is 7.11 Å². The summed E-state index contributed by atoms with van der Waals surface area (Å²) >= 11 is 0. The van der Waals surface area contributed by atoms with E-state index in [1.165, 1.54) is 0 Å². The number of fused-ring (bicyclic) bond motifs is 1. The second kappa shape index (κ2) is 6.91. The van der Waals surface area contributed by atoms with Gasteiger partial charge in [0.25, 0.3) is 0 Å². The number of aromatic nitrogens is 3. The highest BCUT2D eigenvalue weighted by Gasteiger charge is 2.09. The molecule has 2 N–H and O–H groups in total. The zero-order valence-corrected chi connectivity index (χ0v) is 12.9. The second-order valence-electron chi connectivity index (χ2n) is 5.17. The van der Waals surface area contributed by atoms with Crippen LogP contribution in [0, 0.1) is 0 Å². The highest BCUT2D eigenvalue weighted by atomic mass is 16.5. The third kappa shape index (κ3) is 3.48. The minimum Gasteiger partial charge on any atom is -0.496 e. The van der Waals surface area contributed by atoms with Gasteiger partial charge in [-0.3, -0.25) is 9.89 Å². The number of hydrogen-bond acceptors (Lipinski definition) is 4. The molecule has 0 atom stereocenters. The fourth-order valence-corrected chi connectivity index (χ4v) is 2.47. The minimum atomic E-state index is -0.0115. The van der Waals surface area contributed by atoms with Crippen LogP contribution in [0.25, 0.3) is 11.0 Å². The predicted octanol–water partition coefficient (Wildman–Crippen LogP) is 2.22. The van der Waals surface area contributed by atoms with Crippen molar-refractivity contribution >= 4 is 16.9 Å². The average Bonchev–Trinajstić information content (AvgIpc) is 3.01. The number of rotatable bonds is 6. The van der Waals surface area contributed by atoms with Gasteiger partial charge in [-0.2, -0.15) is 5.10 Å². The summed E-state index contributed by atoms with van der Waals surface area (Å²) in [5, 5.41) is 10.9. The molecular weight excluding hydrogens is 292 g/mol.